The molecule has 2 N–H and O–H groups in total. The summed E-state index contributed by atoms with van der Waals surface area (Å²) in [7, 11) is 0. The minimum atomic E-state index is -0.0777. The van der Waals surface area contributed by atoms with Crippen LogP contribution in [0.3, 0.4) is 0 Å². The molecule has 0 aliphatic carbocycles. The maximum atomic E-state index is 12.2. The molecule has 0 atom stereocenters. The van der Waals surface area contributed by atoms with Crippen LogP contribution in [0.2, 0.25) is 0 Å². The largest absolute Gasteiger partial charge is 0.327 e. The third-order valence-electron chi connectivity index (χ3n) is 3.87. The first-order valence-corrected chi connectivity index (χ1v) is 7.45. The predicted molar refractivity (Wildman–Crippen MR) is 81.7 cm³/mol. The van der Waals surface area contributed by atoms with E-state index < -0.39 is 0 Å². The summed E-state index contributed by atoms with van der Waals surface area (Å²) in [5, 5.41) is 16.3. The first-order chi connectivity index (χ1) is 10.8. The van der Waals surface area contributed by atoms with Crippen LogP contribution in [0.4, 0.5) is 5.82 Å². The number of carbonyl (C=O) groups is 1. The van der Waals surface area contributed by atoms with Crippen molar-refractivity contribution in [1.82, 2.24) is 9.78 Å². The molecule has 1 amide bonds. The maximum absolute atomic E-state index is 12.2. The molecule has 0 radical (unpaired) electrons. The molecular formula is C16H18N5O+. The second-order valence-electron chi connectivity index (χ2n) is 5.45. The minimum absolute atomic E-state index is 0.0777. The van der Waals surface area contributed by atoms with Gasteiger partial charge in [0.1, 0.15) is 11.6 Å². The molecule has 112 valence electrons. The summed E-state index contributed by atoms with van der Waals surface area (Å²) in [6, 6.07) is 11.5. The number of likely N-dealkylation sites (tertiary alicyclic amines) is 1. The van der Waals surface area contributed by atoms with Crippen molar-refractivity contribution in [3.63, 3.8) is 0 Å². The molecule has 6 heteroatoms. The Morgan fingerprint density at radius 2 is 2.05 bits per heavy atom. The van der Waals surface area contributed by atoms with Gasteiger partial charge in [0.05, 0.1) is 25.0 Å². The fourth-order valence-corrected chi connectivity index (χ4v) is 2.77. The molecule has 0 spiro atoms. The second kappa shape index (κ2) is 6.41. The van der Waals surface area contributed by atoms with Crippen molar-refractivity contribution < 1.29 is 9.69 Å². The summed E-state index contributed by atoms with van der Waals surface area (Å²) in [4.78, 5) is 13.5. The molecule has 2 aromatic rings. The molecule has 0 unspecified atom stereocenters. The highest BCUT2D eigenvalue weighted by Crippen LogP contribution is 2.19. The van der Waals surface area contributed by atoms with E-state index in [4.69, 9.17) is 0 Å². The monoisotopic (exact) mass is 296 g/mol. The number of quaternary nitrogens is 1. The average molecular weight is 296 g/mol. The Balaban J connectivity index is 1.81. The number of anilines is 1. The van der Waals surface area contributed by atoms with Crippen LogP contribution in [-0.2, 0) is 4.79 Å². The molecule has 0 bridgehead atoms. The van der Waals surface area contributed by atoms with E-state index in [1.807, 2.05) is 30.3 Å². The van der Waals surface area contributed by atoms with Crippen LogP contribution in [0, 0.1) is 11.3 Å². The maximum Gasteiger partial charge on any atom is 0.280 e. The Kier molecular flexibility index (Phi) is 4.17. The fourth-order valence-electron chi connectivity index (χ4n) is 2.77. The topological polar surface area (TPSA) is 75.2 Å². The summed E-state index contributed by atoms with van der Waals surface area (Å²) in [5.41, 5.74) is 1.18. The molecule has 2 heterocycles. The van der Waals surface area contributed by atoms with E-state index in [0.29, 0.717) is 17.9 Å². The number of aromatic nitrogens is 2. The lowest BCUT2D eigenvalue weighted by atomic mass is 10.3. The number of para-hydroxylation sites is 1. The number of amides is 1. The van der Waals surface area contributed by atoms with Gasteiger partial charge in [0.2, 0.25) is 0 Å². The van der Waals surface area contributed by atoms with Gasteiger partial charge >= 0.3 is 0 Å². The van der Waals surface area contributed by atoms with Crippen LogP contribution < -0.4 is 10.2 Å². The van der Waals surface area contributed by atoms with Gasteiger partial charge in [-0.2, -0.15) is 10.4 Å². The number of hydrogen-bond acceptors (Lipinski definition) is 3. The Bertz CT molecular complexity index is 695. The van der Waals surface area contributed by atoms with E-state index in [-0.39, 0.29) is 5.91 Å². The summed E-state index contributed by atoms with van der Waals surface area (Å²) in [5.74, 6) is 0.364. The van der Waals surface area contributed by atoms with E-state index in [0.717, 1.165) is 18.8 Å². The van der Waals surface area contributed by atoms with E-state index in [1.165, 1.54) is 23.9 Å². The smallest absolute Gasteiger partial charge is 0.280 e. The number of carbonyl (C=O) groups excluding carboxylic acids is 1. The number of nitrogens with zero attached hydrogens (tertiary/aromatic N) is 3. The van der Waals surface area contributed by atoms with Gasteiger partial charge in [-0.3, -0.25) is 4.79 Å². The third kappa shape index (κ3) is 3.00. The third-order valence-corrected chi connectivity index (χ3v) is 3.87. The van der Waals surface area contributed by atoms with Crippen LogP contribution in [0.5, 0.6) is 0 Å². The van der Waals surface area contributed by atoms with Gasteiger partial charge in [-0.25, -0.2) is 4.68 Å². The molecule has 1 aromatic heterocycles. The van der Waals surface area contributed by atoms with E-state index in [1.54, 1.807) is 4.68 Å². The highest BCUT2D eigenvalue weighted by atomic mass is 16.2. The number of benzene rings is 1. The quantitative estimate of drug-likeness (QED) is 0.855. The molecule has 1 aliphatic heterocycles. The van der Waals surface area contributed by atoms with E-state index in [2.05, 4.69) is 16.5 Å². The van der Waals surface area contributed by atoms with Gasteiger partial charge in [-0.15, -0.1) is 0 Å². The van der Waals surface area contributed by atoms with Gasteiger partial charge in [0.25, 0.3) is 5.91 Å². The molecule has 22 heavy (non-hydrogen) atoms. The first kappa shape index (κ1) is 14.3. The van der Waals surface area contributed by atoms with Crippen LogP contribution in [0.1, 0.15) is 18.4 Å². The SMILES string of the molecule is N#Cc1cnn(-c2ccccc2)c1NC(=O)C[NH+]1CCCC1. The van der Waals surface area contributed by atoms with Gasteiger partial charge < -0.3 is 10.2 Å². The Hall–Kier alpha value is -2.65. The van der Waals surface area contributed by atoms with Crippen molar-refractivity contribution in [3.05, 3.63) is 42.1 Å². The summed E-state index contributed by atoms with van der Waals surface area (Å²) >= 11 is 0. The highest BCUT2D eigenvalue weighted by Gasteiger charge is 2.21. The molecule has 3 rings (SSSR count). The van der Waals surface area contributed by atoms with Crippen LogP contribution in [0.25, 0.3) is 5.69 Å². The number of rotatable bonds is 4. The van der Waals surface area contributed by atoms with Crippen molar-refractivity contribution >= 4 is 11.7 Å². The zero-order valence-corrected chi connectivity index (χ0v) is 12.2. The zero-order chi connectivity index (χ0) is 15.4. The Morgan fingerprint density at radius 3 is 2.73 bits per heavy atom. The van der Waals surface area contributed by atoms with Crippen molar-refractivity contribution in [2.45, 2.75) is 12.8 Å². The van der Waals surface area contributed by atoms with Crippen LogP contribution in [0.15, 0.2) is 36.5 Å². The second-order valence-corrected chi connectivity index (χ2v) is 5.45. The van der Waals surface area contributed by atoms with Crippen molar-refractivity contribution in [2.24, 2.45) is 0 Å². The van der Waals surface area contributed by atoms with E-state index >= 15 is 0 Å². The minimum Gasteiger partial charge on any atom is -0.327 e. The normalized spacial score (nSPS) is 14.7. The molecule has 1 aromatic carbocycles. The summed E-state index contributed by atoms with van der Waals surface area (Å²) < 4.78 is 1.59. The Morgan fingerprint density at radius 1 is 1.32 bits per heavy atom. The molecule has 1 fully saturated rings. The van der Waals surface area contributed by atoms with Crippen molar-refractivity contribution in [1.29, 1.82) is 5.26 Å². The van der Waals surface area contributed by atoms with Crippen LogP contribution >= 0.6 is 0 Å². The summed E-state index contributed by atoms with van der Waals surface area (Å²) in [6.45, 7) is 2.51. The highest BCUT2D eigenvalue weighted by molar-refractivity contribution is 5.92. The van der Waals surface area contributed by atoms with Gasteiger partial charge in [0.15, 0.2) is 12.4 Å². The summed E-state index contributed by atoms with van der Waals surface area (Å²) in [6.07, 6.45) is 3.83. The molecule has 1 saturated heterocycles. The van der Waals surface area contributed by atoms with Gasteiger partial charge in [0, 0.05) is 12.8 Å². The fraction of sp³-hybridized carbons (Fsp3) is 0.312. The molecular weight excluding hydrogens is 278 g/mol. The number of nitriles is 1. The Labute approximate surface area is 129 Å². The molecule has 6 nitrogen and oxygen atoms in total. The predicted octanol–water partition coefficient (Wildman–Crippen LogP) is 0.361. The van der Waals surface area contributed by atoms with Gasteiger partial charge in [-0.1, -0.05) is 18.2 Å². The lowest BCUT2D eigenvalue weighted by Gasteiger charge is -2.13. The van der Waals surface area contributed by atoms with Crippen molar-refractivity contribution in [3.8, 4) is 11.8 Å². The molecule has 0 saturated carbocycles. The van der Waals surface area contributed by atoms with E-state index in [9.17, 15) is 10.1 Å². The number of nitrogens with one attached hydrogen (secondary N) is 2. The number of hydrogen-bond donors (Lipinski definition) is 2. The zero-order valence-electron chi connectivity index (χ0n) is 12.2. The molecule has 1 aliphatic rings. The average Bonchev–Trinajstić information content (AvgIpc) is 3.17. The van der Waals surface area contributed by atoms with Crippen LogP contribution in [-0.4, -0.2) is 35.3 Å². The lowest BCUT2D eigenvalue weighted by Crippen LogP contribution is -3.11. The standard InChI is InChI=1S/C16H17N5O/c17-10-13-11-18-21(14-6-2-1-3-7-14)16(13)19-15(22)12-20-8-4-5-9-20/h1-3,6-7,11H,4-5,8-9,12H2,(H,19,22)/p+1. The van der Waals surface area contributed by atoms with Gasteiger partial charge in [-0.05, 0) is 12.1 Å². The first-order valence-electron chi connectivity index (χ1n) is 7.45. The van der Waals surface area contributed by atoms with Crippen molar-refractivity contribution in [2.75, 3.05) is 25.0 Å². The lowest BCUT2D eigenvalue weighted by molar-refractivity contribution is -0.878.